The summed E-state index contributed by atoms with van der Waals surface area (Å²) >= 11 is 2.81. The lowest BCUT2D eigenvalue weighted by Crippen LogP contribution is -2.30. The molecule has 6 rings (SSSR count). The van der Waals surface area contributed by atoms with Crippen LogP contribution in [-0.2, 0) is 9.59 Å². The second-order valence-corrected chi connectivity index (χ2v) is 14.0. The molecule has 254 valence electrons. The molecule has 0 fully saturated rings. The normalized spacial score (nSPS) is 11.8. The van der Waals surface area contributed by atoms with Crippen molar-refractivity contribution in [1.82, 2.24) is 10.3 Å². The highest BCUT2D eigenvalue weighted by molar-refractivity contribution is 8.00. The van der Waals surface area contributed by atoms with E-state index in [4.69, 9.17) is 4.98 Å². The fraction of sp³-hybridized carbons (Fsp3) is 0.0732. The molecule has 1 unspecified atom stereocenters. The van der Waals surface area contributed by atoms with Gasteiger partial charge < -0.3 is 16.0 Å². The van der Waals surface area contributed by atoms with Crippen LogP contribution in [0.3, 0.4) is 0 Å². The molecule has 0 saturated heterocycles. The molecule has 51 heavy (non-hydrogen) atoms. The van der Waals surface area contributed by atoms with Crippen molar-refractivity contribution in [1.29, 1.82) is 0 Å². The minimum absolute atomic E-state index is 0.0160. The lowest BCUT2D eigenvalue weighted by Gasteiger charge is -2.17. The molecule has 5 aromatic carbocycles. The number of carbonyl (C=O) groups excluding carboxylic acids is 3. The summed E-state index contributed by atoms with van der Waals surface area (Å²) in [5.74, 6) is -1.65. The van der Waals surface area contributed by atoms with Crippen molar-refractivity contribution in [2.45, 2.75) is 24.0 Å². The van der Waals surface area contributed by atoms with Gasteiger partial charge >= 0.3 is 0 Å². The zero-order valence-electron chi connectivity index (χ0n) is 27.7. The van der Waals surface area contributed by atoms with Gasteiger partial charge in [-0.15, -0.1) is 23.1 Å². The number of anilines is 2. The zero-order valence-corrected chi connectivity index (χ0v) is 29.4. The van der Waals surface area contributed by atoms with E-state index in [-0.39, 0.29) is 11.6 Å². The number of hydrogen-bond acceptors (Lipinski definition) is 6. The van der Waals surface area contributed by atoms with Crippen LogP contribution in [0.2, 0.25) is 0 Å². The number of hydrogen-bond donors (Lipinski definition) is 3. The molecule has 0 spiro atoms. The van der Waals surface area contributed by atoms with Gasteiger partial charge in [0.05, 0.1) is 5.69 Å². The number of thiazole rings is 1. The van der Waals surface area contributed by atoms with Gasteiger partial charge in [-0.25, -0.2) is 9.37 Å². The summed E-state index contributed by atoms with van der Waals surface area (Å²) in [5, 5.41) is 8.49. The van der Waals surface area contributed by atoms with E-state index in [2.05, 4.69) is 16.0 Å². The molecule has 0 bridgehead atoms. The Labute approximate surface area is 303 Å². The second kappa shape index (κ2) is 16.2. The van der Waals surface area contributed by atoms with Crippen molar-refractivity contribution in [3.05, 3.63) is 172 Å². The standard InChI is InChI=1S/C41H33FN4O3S2/c1-26-13-17-29(18-14-26)36-27(2)50-41(45-36)46-40(49)37(30-9-5-3-6-10-30)51-34-23-21-33(22-24-34)43-39(48)35(25-28-15-19-32(42)20-16-28)44-38(47)31-11-7-4-8-12-31/h3-25,37H,1-2H3,(H,43,48)(H,44,47)(H,45,46,49)/b35-25-. The number of aryl methyl sites for hydroxylation is 2. The van der Waals surface area contributed by atoms with Gasteiger partial charge in [-0.05, 0) is 79.6 Å². The molecule has 0 saturated carbocycles. The van der Waals surface area contributed by atoms with E-state index >= 15 is 0 Å². The number of halogens is 1. The smallest absolute Gasteiger partial charge is 0.272 e. The third-order valence-corrected chi connectivity index (χ3v) is 9.92. The van der Waals surface area contributed by atoms with Gasteiger partial charge in [0.2, 0.25) is 5.91 Å². The molecule has 7 nitrogen and oxygen atoms in total. The second-order valence-electron chi connectivity index (χ2n) is 11.6. The van der Waals surface area contributed by atoms with Crippen LogP contribution in [0.25, 0.3) is 17.3 Å². The van der Waals surface area contributed by atoms with Crippen LogP contribution in [0, 0.1) is 19.7 Å². The van der Waals surface area contributed by atoms with Crippen LogP contribution in [0.1, 0.15) is 37.2 Å². The van der Waals surface area contributed by atoms with Gasteiger partial charge in [-0.1, -0.05) is 90.5 Å². The molecular formula is C41H33FN4O3S2. The summed E-state index contributed by atoms with van der Waals surface area (Å²) in [6.45, 7) is 4.03. The van der Waals surface area contributed by atoms with E-state index in [1.807, 2.05) is 80.6 Å². The quantitative estimate of drug-likeness (QED) is 0.0918. The maximum atomic E-state index is 13.8. The molecule has 0 aliphatic heterocycles. The highest BCUT2D eigenvalue weighted by Gasteiger charge is 2.24. The highest BCUT2D eigenvalue weighted by Crippen LogP contribution is 2.38. The monoisotopic (exact) mass is 712 g/mol. The first-order valence-electron chi connectivity index (χ1n) is 16.0. The molecule has 1 aromatic heterocycles. The van der Waals surface area contributed by atoms with Crippen molar-refractivity contribution >= 4 is 57.7 Å². The van der Waals surface area contributed by atoms with Gasteiger partial charge in [0.1, 0.15) is 16.8 Å². The molecule has 0 aliphatic carbocycles. The Bertz CT molecular complexity index is 2170. The summed E-state index contributed by atoms with van der Waals surface area (Å²) in [6, 6.07) is 38.9. The van der Waals surface area contributed by atoms with E-state index in [9.17, 15) is 18.8 Å². The molecule has 0 aliphatic rings. The van der Waals surface area contributed by atoms with Crippen LogP contribution in [0.5, 0.6) is 0 Å². The summed E-state index contributed by atoms with van der Waals surface area (Å²) in [6.07, 6.45) is 1.48. The number of rotatable bonds is 11. The predicted octanol–water partition coefficient (Wildman–Crippen LogP) is 9.45. The first kappa shape index (κ1) is 35.0. The van der Waals surface area contributed by atoms with Crippen LogP contribution in [-0.4, -0.2) is 22.7 Å². The van der Waals surface area contributed by atoms with Crippen molar-refractivity contribution in [3.63, 3.8) is 0 Å². The number of thioether (sulfide) groups is 1. The maximum absolute atomic E-state index is 13.8. The average molecular weight is 713 g/mol. The molecule has 6 aromatic rings. The van der Waals surface area contributed by atoms with Gasteiger partial charge in [0, 0.05) is 26.6 Å². The Morgan fingerprint density at radius 3 is 2.08 bits per heavy atom. The number of nitrogens with one attached hydrogen (secondary N) is 3. The molecule has 10 heteroatoms. The minimum atomic E-state index is -0.586. The third kappa shape index (κ3) is 9.24. The fourth-order valence-corrected chi connectivity index (χ4v) is 6.98. The first-order chi connectivity index (χ1) is 24.7. The molecular weight excluding hydrogens is 680 g/mol. The van der Waals surface area contributed by atoms with Gasteiger partial charge in [-0.3, -0.25) is 14.4 Å². The van der Waals surface area contributed by atoms with Gasteiger partial charge in [-0.2, -0.15) is 0 Å². The van der Waals surface area contributed by atoms with Crippen LogP contribution in [0.15, 0.2) is 144 Å². The molecule has 1 atom stereocenters. The Morgan fingerprint density at radius 2 is 1.41 bits per heavy atom. The Hall–Kier alpha value is -5.84. The molecule has 0 radical (unpaired) electrons. The number of carbonyl (C=O) groups is 3. The number of nitrogens with zero attached hydrogens (tertiary/aromatic N) is 1. The molecule has 3 amide bonds. The van der Waals surface area contributed by atoms with Crippen molar-refractivity contribution in [2.24, 2.45) is 0 Å². The summed E-state index contributed by atoms with van der Waals surface area (Å²) in [4.78, 5) is 46.7. The fourth-order valence-electron chi connectivity index (χ4n) is 5.12. The lowest BCUT2D eigenvalue weighted by molar-refractivity contribution is -0.116. The third-order valence-electron chi connectivity index (χ3n) is 7.77. The van der Waals surface area contributed by atoms with E-state index in [1.54, 1.807) is 42.5 Å². The Kier molecular flexibility index (Phi) is 11.1. The lowest BCUT2D eigenvalue weighted by atomic mass is 10.1. The van der Waals surface area contributed by atoms with Crippen LogP contribution in [0.4, 0.5) is 15.2 Å². The summed E-state index contributed by atoms with van der Waals surface area (Å²) < 4.78 is 13.5. The maximum Gasteiger partial charge on any atom is 0.272 e. The van der Waals surface area contributed by atoms with Crippen molar-refractivity contribution in [2.75, 3.05) is 10.6 Å². The Morgan fingerprint density at radius 1 is 0.765 bits per heavy atom. The van der Waals surface area contributed by atoms with Crippen molar-refractivity contribution < 1.29 is 18.8 Å². The van der Waals surface area contributed by atoms with Crippen LogP contribution >= 0.6 is 23.1 Å². The van der Waals surface area contributed by atoms with E-state index in [0.29, 0.717) is 21.9 Å². The van der Waals surface area contributed by atoms with Crippen molar-refractivity contribution in [3.8, 4) is 11.3 Å². The highest BCUT2D eigenvalue weighted by atomic mass is 32.2. The number of amides is 3. The molecule has 3 N–H and O–H groups in total. The minimum Gasteiger partial charge on any atom is -0.321 e. The zero-order chi connectivity index (χ0) is 35.7. The number of aromatic nitrogens is 1. The van der Waals surface area contributed by atoms with Crippen LogP contribution < -0.4 is 16.0 Å². The Balaban J connectivity index is 1.17. The van der Waals surface area contributed by atoms with Gasteiger partial charge in [0.25, 0.3) is 11.8 Å². The first-order valence-corrected chi connectivity index (χ1v) is 17.7. The summed E-state index contributed by atoms with van der Waals surface area (Å²) in [5.41, 5.74) is 5.20. The SMILES string of the molecule is Cc1ccc(-c2nc(NC(=O)C(Sc3ccc(NC(=O)/C(=C/c4ccc(F)cc4)NC(=O)c4ccccc4)cc3)c3ccccc3)sc2C)cc1. The van der Waals surface area contributed by atoms with E-state index in [0.717, 1.165) is 32.2 Å². The average Bonchev–Trinajstić information content (AvgIpc) is 3.51. The summed E-state index contributed by atoms with van der Waals surface area (Å²) in [7, 11) is 0. The van der Waals surface area contributed by atoms with E-state index < -0.39 is 22.9 Å². The number of benzene rings is 5. The molecule has 1 heterocycles. The van der Waals surface area contributed by atoms with Gasteiger partial charge in [0.15, 0.2) is 5.13 Å². The largest absolute Gasteiger partial charge is 0.321 e. The van der Waals surface area contributed by atoms with E-state index in [1.165, 1.54) is 53.4 Å². The predicted molar refractivity (Wildman–Crippen MR) is 204 cm³/mol. The topological polar surface area (TPSA) is 100 Å².